The van der Waals surface area contributed by atoms with Gasteiger partial charge in [0.1, 0.15) is 23.9 Å². The average molecular weight is 889 g/mol. The third-order valence-electron chi connectivity index (χ3n) is 14.2. The van der Waals surface area contributed by atoms with Crippen molar-refractivity contribution >= 4 is 11.7 Å². The van der Waals surface area contributed by atoms with Crippen molar-refractivity contribution in [2.45, 2.75) is 237 Å². The van der Waals surface area contributed by atoms with Crippen molar-refractivity contribution in [3.05, 3.63) is 0 Å². The lowest BCUT2D eigenvalue weighted by Crippen LogP contribution is -2.61. The number of hydrogen-bond donors (Lipinski definition) is 5. The minimum atomic E-state index is -1.96. The molecule has 4 aliphatic rings. The van der Waals surface area contributed by atoms with Crippen molar-refractivity contribution in [2.24, 2.45) is 28.8 Å². The van der Waals surface area contributed by atoms with Gasteiger partial charge >= 0.3 is 5.97 Å². The van der Waals surface area contributed by atoms with E-state index < -0.39 is 108 Å². The van der Waals surface area contributed by atoms with Crippen molar-refractivity contribution in [3.8, 4) is 0 Å². The number of oxime groups is 1. The Morgan fingerprint density at radius 3 is 2.08 bits per heavy atom. The van der Waals surface area contributed by atoms with E-state index in [1.165, 1.54) is 14.0 Å². The summed E-state index contributed by atoms with van der Waals surface area (Å²) in [6, 6.07) is -0.324. The van der Waals surface area contributed by atoms with Crippen molar-refractivity contribution in [1.29, 1.82) is 0 Å². The maximum absolute atomic E-state index is 14.5. The molecule has 62 heavy (non-hydrogen) atoms. The fraction of sp³-hybridized carbons (Fsp3) is 0.957. The number of likely N-dealkylation sites (N-methyl/N-ethyl adjacent to an activating group) is 1. The van der Waals surface area contributed by atoms with Crippen LogP contribution in [0.2, 0.25) is 0 Å². The summed E-state index contributed by atoms with van der Waals surface area (Å²) >= 11 is 0. The topological polar surface area (TPSA) is 208 Å². The molecule has 16 nitrogen and oxygen atoms in total. The maximum Gasteiger partial charge on any atom is 0.311 e. The van der Waals surface area contributed by atoms with Crippen LogP contribution < -0.4 is 0 Å². The third-order valence-corrected chi connectivity index (χ3v) is 14.2. The lowest BCUT2D eigenvalue weighted by molar-refractivity contribution is -0.318. The molecule has 3 unspecified atom stereocenters. The molecule has 16 heteroatoms. The maximum atomic E-state index is 14.5. The standard InChI is InChI=1S/C46H84N2O14/c1-16-33-45(12,54)38(50)28(6)35(47-62-46(61-25(2)3)20-18-17-19-21-46)26(4)23-43(10,53)40(60-42-36(49)32(48(13)14)22-27(5)56-42)29(7)37(30(8)41(52)58-33)59-34-24-44(11,55-15)39(51)31(9)57-34/h25-34,36-40,42,49-51,53-54H,16-24H2,1-15H3/b47-35+/t26-,27-,28?,29+,30-,31+,32+,33-,34?,36-,37+,38-,39+,40-,42?,43+,44-,45-/m1/s1. The van der Waals surface area contributed by atoms with Gasteiger partial charge in [0.2, 0.25) is 5.79 Å². The van der Waals surface area contributed by atoms with Gasteiger partial charge in [-0.25, -0.2) is 0 Å². The van der Waals surface area contributed by atoms with Gasteiger partial charge in [0.25, 0.3) is 0 Å². The summed E-state index contributed by atoms with van der Waals surface area (Å²) in [4.78, 5) is 22.8. The Hall–Kier alpha value is -1.54. The molecule has 3 heterocycles. The molecule has 0 amide bonds. The Balaban J connectivity index is 1.90. The van der Waals surface area contributed by atoms with E-state index >= 15 is 0 Å². The van der Waals surface area contributed by atoms with Gasteiger partial charge in [-0.3, -0.25) is 4.79 Å². The highest BCUT2D eigenvalue weighted by Gasteiger charge is 2.53. The van der Waals surface area contributed by atoms with Gasteiger partial charge < -0.3 is 68.4 Å². The van der Waals surface area contributed by atoms with Crippen molar-refractivity contribution in [1.82, 2.24) is 4.90 Å². The number of esters is 1. The molecule has 3 saturated heterocycles. The Labute approximate surface area is 371 Å². The van der Waals surface area contributed by atoms with Crippen molar-refractivity contribution < 1.29 is 68.3 Å². The minimum absolute atomic E-state index is 0.00935. The molecule has 362 valence electrons. The number of ether oxygens (including phenoxy) is 7. The summed E-state index contributed by atoms with van der Waals surface area (Å²) in [6.07, 6.45) is -5.52. The zero-order valence-electron chi connectivity index (χ0n) is 40.4. The van der Waals surface area contributed by atoms with Crippen LogP contribution in [0.3, 0.4) is 0 Å². The highest BCUT2D eigenvalue weighted by Crippen LogP contribution is 2.42. The molecule has 0 aromatic rings. The first-order valence-electron chi connectivity index (χ1n) is 23.2. The second kappa shape index (κ2) is 21.4. The molecule has 0 spiro atoms. The highest BCUT2D eigenvalue weighted by molar-refractivity contribution is 5.88. The summed E-state index contributed by atoms with van der Waals surface area (Å²) in [5, 5.41) is 64.9. The van der Waals surface area contributed by atoms with Gasteiger partial charge in [0, 0.05) is 50.2 Å². The van der Waals surface area contributed by atoms with Crippen LogP contribution in [0.15, 0.2) is 5.16 Å². The second-order valence-electron chi connectivity index (χ2n) is 20.3. The smallest absolute Gasteiger partial charge is 0.311 e. The predicted octanol–water partition coefficient (Wildman–Crippen LogP) is 4.67. The molecule has 0 radical (unpaired) electrons. The largest absolute Gasteiger partial charge is 0.459 e. The first kappa shape index (κ1) is 53.1. The van der Waals surface area contributed by atoms with Crippen molar-refractivity contribution in [2.75, 3.05) is 21.2 Å². The molecule has 4 rings (SSSR count). The monoisotopic (exact) mass is 889 g/mol. The van der Waals surface area contributed by atoms with Gasteiger partial charge in [-0.1, -0.05) is 39.3 Å². The van der Waals surface area contributed by atoms with E-state index in [4.69, 9.17) is 43.2 Å². The van der Waals surface area contributed by atoms with Crippen LogP contribution in [-0.2, 0) is 42.8 Å². The highest BCUT2D eigenvalue weighted by atomic mass is 16.8. The molecule has 1 aliphatic carbocycles. The predicted molar refractivity (Wildman–Crippen MR) is 232 cm³/mol. The van der Waals surface area contributed by atoms with Crippen LogP contribution in [0.5, 0.6) is 0 Å². The molecule has 4 fully saturated rings. The zero-order chi connectivity index (χ0) is 46.7. The number of rotatable bonds is 11. The summed E-state index contributed by atoms with van der Waals surface area (Å²) in [7, 11) is 5.26. The first-order valence-corrected chi connectivity index (χ1v) is 23.2. The lowest BCUT2D eigenvalue weighted by Gasteiger charge is -2.49. The van der Waals surface area contributed by atoms with E-state index in [0.717, 1.165) is 19.3 Å². The Morgan fingerprint density at radius 1 is 0.887 bits per heavy atom. The van der Waals surface area contributed by atoms with Gasteiger partial charge in [-0.05, 0) is 102 Å². The second-order valence-corrected chi connectivity index (χ2v) is 20.3. The summed E-state index contributed by atoms with van der Waals surface area (Å²) in [5.74, 6) is -5.10. The van der Waals surface area contributed by atoms with E-state index in [1.54, 1.807) is 48.5 Å². The van der Waals surface area contributed by atoms with Gasteiger partial charge in [0.15, 0.2) is 12.6 Å². The Morgan fingerprint density at radius 2 is 1.52 bits per heavy atom. The quantitative estimate of drug-likeness (QED) is 0.109. The van der Waals surface area contributed by atoms with Crippen LogP contribution in [0.1, 0.15) is 141 Å². The fourth-order valence-corrected chi connectivity index (χ4v) is 10.5. The summed E-state index contributed by atoms with van der Waals surface area (Å²) < 4.78 is 44.4. The Kier molecular flexibility index (Phi) is 18.3. The van der Waals surface area contributed by atoms with Gasteiger partial charge in [0.05, 0.1) is 59.5 Å². The molecular weight excluding hydrogens is 805 g/mol. The third kappa shape index (κ3) is 12.1. The van der Waals surface area contributed by atoms with Crippen LogP contribution in [0.25, 0.3) is 0 Å². The van der Waals surface area contributed by atoms with Crippen molar-refractivity contribution in [3.63, 3.8) is 0 Å². The number of aliphatic hydroxyl groups excluding tert-OH is 3. The minimum Gasteiger partial charge on any atom is -0.459 e. The molecule has 18 atom stereocenters. The number of carbonyl (C=O) groups is 1. The SMILES string of the molecule is CC[C@H]1OC(=O)[C@H](C)[C@@H](OC2C[C@@](C)(OC)[C@@H](O)[C@H](C)O2)[C@H](C)[C@@H](OC2O[C@H](C)C[C@H](N(C)C)[C@H]2O)[C@@](C)(O)C[C@@H](C)/C(=N\OC2(OC(C)C)CCCCC2)C(C)[C@@H](O)[C@]1(C)O. The van der Waals surface area contributed by atoms with E-state index in [0.29, 0.717) is 25.0 Å². The van der Waals surface area contributed by atoms with Crippen LogP contribution in [-0.4, -0.2) is 159 Å². The summed E-state index contributed by atoms with van der Waals surface area (Å²) in [6.45, 7) is 21.1. The molecule has 0 bridgehead atoms. The number of methoxy groups -OCH3 is 1. The lowest BCUT2D eigenvalue weighted by atomic mass is 9.73. The zero-order valence-corrected chi connectivity index (χ0v) is 40.4. The molecular formula is C46H84N2O14. The van der Waals surface area contributed by atoms with E-state index in [2.05, 4.69) is 0 Å². The van der Waals surface area contributed by atoms with Crippen LogP contribution >= 0.6 is 0 Å². The van der Waals surface area contributed by atoms with E-state index in [-0.39, 0.29) is 37.5 Å². The molecule has 0 aromatic carbocycles. The van der Waals surface area contributed by atoms with Crippen LogP contribution in [0, 0.1) is 23.7 Å². The number of hydrogen-bond acceptors (Lipinski definition) is 16. The first-order chi connectivity index (χ1) is 28.7. The van der Waals surface area contributed by atoms with Gasteiger partial charge in [-0.15, -0.1) is 0 Å². The number of nitrogens with zero attached hydrogens (tertiary/aromatic N) is 2. The molecule has 3 aliphatic heterocycles. The van der Waals surface area contributed by atoms with E-state index in [1.807, 2.05) is 46.7 Å². The number of carbonyl (C=O) groups excluding carboxylic acids is 1. The summed E-state index contributed by atoms with van der Waals surface area (Å²) in [5.41, 5.74) is -4.43. The average Bonchev–Trinajstić information content (AvgIpc) is 3.19. The molecule has 0 aromatic heterocycles. The number of aliphatic hydroxyl groups is 5. The number of cyclic esters (lactones) is 1. The Bertz CT molecular complexity index is 1460. The van der Waals surface area contributed by atoms with Gasteiger partial charge in [-0.2, -0.15) is 0 Å². The normalized spacial score (nSPS) is 46.1. The molecule has 5 N–H and O–H groups in total. The fourth-order valence-electron chi connectivity index (χ4n) is 10.5. The van der Waals surface area contributed by atoms with Crippen LogP contribution in [0.4, 0.5) is 0 Å². The molecule has 1 saturated carbocycles. The van der Waals surface area contributed by atoms with E-state index in [9.17, 15) is 30.3 Å².